The highest BCUT2D eigenvalue weighted by Gasteiger charge is 2.16. The Hall–Kier alpha value is -1.09. The van der Waals surface area contributed by atoms with Gasteiger partial charge in [0.05, 0.1) is 0 Å². The number of anilines is 1. The highest BCUT2D eigenvalue weighted by atomic mass is 19.1. The van der Waals surface area contributed by atoms with Crippen molar-refractivity contribution in [3.63, 3.8) is 0 Å². The topological polar surface area (TPSA) is 29.3 Å². The van der Waals surface area contributed by atoms with Gasteiger partial charge in [-0.2, -0.15) is 0 Å². The third-order valence-corrected chi connectivity index (χ3v) is 3.88. The first kappa shape index (κ1) is 13.3. The molecule has 100 valence electrons. The lowest BCUT2D eigenvalue weighted by Crippen LogP contribution is -2.27. The van der Waals surface area contributed by atoms with E-state index in [2.05, 4.69) is 11.9 Å². The van der Waals surface area contributed by atoms with Crippen molar-refractivity contribution in [2.24, 2.45) is 5.92 Å². The van der Waals surface area contributed by atoms with Crippen molar-refractivity contribution in [3.8, 4) is 0 Å². The van der Waals surface area contributed by atoms with Crippen LogP contribution in [0.4, 0.5) is 10.1 Å². The van der Waals surface area contributed by atoms with Crippen molar-refractivity contribution < 1.29 is 4.39 Å². The van der Waals surface area contributed by atoms with Crippen LogP contribution in [0.5, 0.6) is 0 Å². The fraction of sp³-hybridized carbons (Fsp3) is 0.600. The Morgan fingerprint density at radius 3 is 2.67 bits per heavy atom. The molecule has 1 aromatic carbocycles. The molecule has 0 aliphatic heterocycles. The molecule has 0 bridgehead atoms. The lowest BCUT2D eigenvalue weighted by Gasteiger charge is -2.27. The molecular formula is C15H23FN2. The first-order chi connectivity index (χ1) is 8.66. The Balaban J connectivity index is 1.92. The van der Waals surface area contributed by atoms with E-state index in [1.165, 1.54) is 38.2 Å². The van der Waals surface area contributed by atoms with E-state index in [1.54, 1.807) is 12.1 Å². The summed E-state index contributed by atoms with van der Waals surface area (Å²) in [6, 6.07) is 4.92. The van der Waals surface area contributed by atoms with Crippen LogP contribution < -0.4 is 5.73 Å². The molecule has 0 atom stereocenters. The summed E-state index contributed by atoms with van der Waals surface area (Å²) in [6.07, 6.45) is 6.70. The van der Waals surface area contributed by atoms with Crippen molar-refractivity contribution in [1.29, 1.82) is 0 Å². The van der Waals surface area contributed by atoms with Gasteiger partial charge in [0.15, 0.2) is 0 Å². The average Bonchev–Trinajstić information content (AvgIpc) is 2.35. The molecule has 0 spiro atoms. The summed E-state index contributed by atoms with van der Waals surface area (Å²) in [6.45, 7) is 1.66. The smallest absolute Gasteiger partial charge is 0.129 e. The predicted molar refractivity (Wildman–Crippen MR) is 73.7 cm³/mol. The number of nitrogens with zero attached hydrogens (tertiary/aromatic N) is 1. The predicted octanol–water partition coefficient (Wildman–Crippen LogP) is 3.42. The van der Waals surface area contributed by atoms with Crippen molar-refractivity contribution in [2.45, 2.75) is 38.6 Å². The zero-order valence-electron chi connectivity index (χ0n) is 11.2. The third kappa shape index (κ3) is 3.45. The molecule has 1 fully saturated rings. The molecule has 1 aliphatic rings. The molecule has 3 heteroatoms. The monoisotopic (exact) mass is 250 g/mol. The highest BCUT2D eigenvalue weighted by Crippen LogP contribution is 2.25. The third-order valence-electron chi connectivity index (χ3n) is 3.88. The summed E-state index contributed by atoms with van der Waals surface area (Å²) >= 11 is 0. The van der Waals surface area contributed by atoms with E-state index < -0.39 is 0 Å². The van der Waals surface area contributed by atoms with Crippen LogP contribution in [-0.2, 0) is 6.54 Å². The number of benzene rings is 1. The van der Waals surface area contributed by atoms with E-state index in [1.807, 2.05) is 0 Å². The van der Waals surface area contributed by atoms with Gasteiger partial charge in [0, 0.05) is 24.3 Å². The van der Waals surface area contributed by atoms with E-state index >= 15 is 0 Å². The first-order valence-electron chi connectivity index (χ1n) is 6.88. The van der Waals surface area contributed by atoms with E-state index in [4.69, 9.17) is 5.73 Å². The van der Waals surface area contributed by atoms with Crippen LogP contribution in [0.25, 0.3) is 0 Å². The highest BCUT2D eigenvalue weighted by molar-refractivity contribution is 5.47. The zero-order chi connectivity index (χ0) is 13.0. The second-order valence-corrected chi connectivity index (χ2v) is 5.51. The molecule has 0 amide bonds. The van der Waals surface area contributed by atoms with E-state index in [9.17, 15) is 4.39 Å². The summed E-state index contributed by atoms with van der Waals surface area (Å²) in [4.78, 5) is 2.20. The van der Waals surface area contributed by atoms with Crippen molar-refractivity contribution in [3.05, 3.63) is 29.6 Å². The zero-order valence-corrected chi connectivity index (χ0v) is 11.2. The molecule has 1 aliphatic carbocycles. The average molecular weight is 250 g/mol. The quantitative estimate of drug-likeness (QED) is 0.830. The summed E-state index contributed by atoms with van der Waals surface area (Å²) in [5.41, 5.74) is 7.03. The maximum absolute atomic E-state index is 13.7. The number of halogens is 1. The lowest BCUT2D eigenvalue weighted by atomic mass is 9.89. The molecule has 1 saturated carbocycles. The van der Waals surface area contributed by atoms with Crippen LogP contribution in [-0.4, -0.2) is 18.5 Å². The van der Waals surface area contributed by atoms with Gasteiger partial charge in [-0.1, -0.05) is 25.3 Å². The number of hydrogen-bond acceptors (Lipinski definition) is 2. The maximum Gasteiger partial charge on any atom is 0.129 e. The van der Waals surface area contributed by atoms with Crippen LogP contribution in [0.3, 0.4) is 0 Å². The standard InChI is InChI=1S/C15H23FN2/c1-18(10-12-6-3-2-4-7-12)11-13-14(16)8-5-9-15(13)17/h5,8-9,12H,2-4,6-7,10-11,17H2,1H3. The van der Waals surface area contributed by atoms with Crippen LogP contribution in [0.15, 0.2) is 18.2 Å². The Bertz CT molecular complexity index is 366. The largest absolute Gasteiger partial charge is 0.398 e. The summed E-state index contributed by atoms with van der Waals surface area (Å²) in [5, 5.41) is 0. The Labute approximate surface area is 109 Å². The number of nitrogens with two attached hydrogens (primary N) is 1. The van der Waals surface area contributed by atoms with E-state index in [0.717, 1.165) is 12.5 Å². The van der Waals surface area contributed by atoms with Gasteiger partial charge in [0.25, 0.3) is 0 Å². The Kier molecular flexibility index (Phi) is 4.59. The van der Waals surface area contributed by atoms with Gasteiger partial charge >= 0.3 is 0 Å². The van der Waals surface area contributed by atoms with Gasteiger partial charge in [-0.25, -0.2) is 4.39 Å². The first-order valence-corrected chi connectivity index (χ1v) is 6.88. The molecule has 1 aromatic rings. The Morgan fingerprint density at radius 2 is 2.00 bits per heavy atom. The molecular weight excluding hydrogens is 227 g/mol. The fourth-order valence-electron chi connectivity index (χ4n) is 2.89. The number of hydrogen-bond donors (Lipinski definition) is 1. The maximum atomic E-state index is 13.7. The number of rotatable bonds is 4. The summed E-state index contributed by atoms with van der Waals surface area (Å²) < 4.78 is 13.7. The fourth-order valence-corrected chi connectivity index (χ4v) is 2.89. The molecule has 18 heavy (non-hydrogen) atoms. The van der Waals surface area contributed by atoms with Gasteiger partial charge in [-0.15, -0.1) is 0 Å². The van der Waals surface area contributed by atoms with Gasteiger partial charge in [0.1, 0.15) is 5.82 Å². The minimum Gasteiger partial charge on any atom is -0.398 e. The van der Waals surface area contributed by atoms with Crippen molar-refractivity contribution >= 4 is 5.69 Å². The SMILES string of the molecule is CN(Cc1c(N)cccc1F)CC1CCCCC1. The normalized spacial score (nSPS) is 17.3. The minimum atomic E-state index is -0.189. The van der Waals surface area contributed by atoms with Gasteiger partial charge in [-0.3, -0.25) is 0 Å². The molecule has 2 rings (SSSR count). The van der Waals surface area contributed by atoms with Crippen LogP contribution in [0.2, 0.25) is 0 Å². The minimum absolute atomic E-state index is 0.189. The van der Waals surface area contributed by atoms with E-state index in [0.29, 0.717) is 17.8 Å². The van der Waals surface area contributed by atoms with Gasteiger partial charge < -0.3 is 10.6 Å². The number of nitrogen functional groups attached to an aromatic ring is 1. The van der Waals surface area contributed by atoms with Crippen LogP contribution >= 0.6 is 0 Å². The van der Waals surface area contributed by atoms with Crippen LogP contribution in [0.1, 0.15) is 37.7 Å². The Morgan fingerprint density at radius 1 is 1.28 bits per heavy atom. The molecule has 2 N–H and O–H groups in total. The van der Waals surface area contributed by atoms with Gasteiger partial charge in [-0.05, 0) is 37.9 Å². The molecule has 0 aromatic heterocycles. The molecule has 0 radical (unpaired) electrons. The second-order valence-electron chi connectivity index (χ2n) is 5.51. The molecule has 0 heterocycles. The van der Waals surface area contributed by atoms with Crippen LogP contribution in [0, 0.1) is 11.7 Å². The molecule has 2 nitrogen and oxygen atoms in total. The lowest BCUT2D eigenvalue weighted by molar-refractivity contribution is 0.226. The molecule has 0 unspecified atom stereocenters. The van der Waals surface area contributed by atoms with Gasteiger partial charge in [0.2, 0.25) is 0 Å². The second kappa shape index (κ2) is 6.19. The molecule has 0 saturated heterocycles. The van der Waals surface area contributed by atoms with Crippen molar-refractivity contribution in [2.75, 3.05) is 19.3 Å². The summed E-state index contributed by atoms with van der Waals surface area (Å²) in [5.74, 6) is 0.585. The summed E-state index contributed by atoms with van der Waals surface area (Å²) in [7, 11) is 2.06. The van der Waals surface area contributed by atoms with E-state index in [-0.39, 0.29) is 5.82 Å². The van der Waals surface area contributed by atoms with Crippen molar-refractivity contribution in [1.82, 2.24) is 4.90 Å².